The van der Waals surface area contributed by atoms with E-state index < -0.39 is 0 Å². The summed E-state index contributed by atoms with van der Waals surface area (Å²) in [5, 5.41) is 0. The molecule has 0 aliphatic carbocycles. The van der Waals surface area contributed by atoms with E-state index in [4.69, 9.17) is 15.2 Å². The van der Waals surface area contributed by atoms with Crippen molar-refractivity contribution in [3.63, 3.8) is 0 Å². The van der Waals surface area contributed by atoms with Crippen molar-refractivity contribution < 1.29 is 9.47 Å². The summed E-state index contributed by atoms with van der Waals surface area (Å²) in [5.74, 6) is 1.40. The van der Waals surface area contributed by atoms with E-state index in [1.807, 2.05) is 19.1 Å². The van der Waals surface area contributed by atoms with Crippen molar-refractivity contribution in [2.75, 3.05) is 14.2 Å². The fraction of sp³-hybridized carbons (Fsp3) is 0.400. The highest BCUT2D eigenvalue weighted by molar-refractivity contribution is 9.10. The standard InChI is InChI=1S/C10H14BrNO2/c1-6(12)7-4-9(13-2)10(14-3)5-8(7)11/h4-6H,12H2,1-3H3/t6-/m1/s1. The van der Waals surface area contributed by atoms with E-state index in [2.05, 4.69) is 15.9 Å². The number of methoxy groups -OCH3 is 2. The summed E-state index contributed by atoms with van der Waals surface area (Å²) in [6.45, 7) is 1.92. The topological polar surface area (TPSA) is 44.5 Å². The van der Waals surface area contributed by atoms with Gasteiger partial charge in [-0.1, -0.05) is 15.9 Å². The van der Waals surface area contributed by atoms with E-state index in [-0.39, 0.29) is 6.04 Å². The second-order valence-corrected chi connectivity index (χ2v) is 3.87. The SMILES string of the molecule is COc1cc(Br)c([C@@H](C)N)cc1OC. The summed E-state index contributed by atoms with van der Waals surface area (Å²) in [5.41, 5.74) is 6.81. The van der Waals surface area contributed by atoms with Crippen molar-refractivity contribution in [1.29, 1.82) is 0 Å². The molecule has 1 atom stereocenters. The second kappa shape index (κ2) is 4.66. The van der Waals surface area contributed by atoms with Crippen LogP contribution in [0.25, 0.3) is 0 Å². The minimum atomic E-state index is -0.0378. The molecule has 0 amide bonds. The Bertz CT molecular complexity index is 326. The first-order valence-corrected chi connectivity index (χ1v) is 5.06. The van der Waals surface area contributed by atoms with E-state index in [1.54, 1.807) is 14.2 Å². The summed E-state index contributed by atoms with van der Waals surface area (Å²) < 4.78 is 11.3. The summed E-state index contributed by atoms with van der Waals surface area (Å²) in [7, 11) is 3.21. The quantitative estimate of drug-likeness (QED) is 0.908. The van der Waals surface area contributed by atoms with E-state index in [0.717, 1.165) is 10.0 Å². The smallest absolute Gasteiger partial charge is 0.161 e. The van der Waals surface area contributed by atoms with Crippen LogP contribution < -0.4 is 15.2 Å². The lowest BCUT2D eigenvalue weighted by Crippen LogP contribution is -2.06. The van der Waals surface area contributed by atoms with Crippen molar-refractivity contribution in [1.82, 2.24) is 0 Å². The van der Waals surface area contributed by atoms with Crippen LogP contribution in [0.2, 0.25) is 0 Å². The summed E-state index contributed by atoms with van der Waals surface area (Å²) in [4.78, 5) is 0. The van der Waals surface area contributed by atoms with Crippen molar-refractivity contribution in [3.05, 3.63) is 22.2 Å². The summed E-state index contributed by atoms with van der Waals surface area (Å²) in [6.07, 6.45) is 0. The molecule has 0 unspecified atom stereocenters. The number of ether oxygens (including phenoxy) is 2. The first-order valence-electron chi connectivity index (χ1n) is 4.27. The average Bonchev–Trinajstić information content (AvgIpc) is 2.16. The summed E-state index contributed by atoms with van der Waals surface area (Å²) in [6, 6.07) is 3.70. The van der Waals surface area contributed by atoms with E-state index in [0.29, 0.717) is 11.5 Å². The predicted octanol–water partition coefficient (Wildman–Crippen LogP) is 2.49. The molecule has 4 heteroatoms. The number of nitrogens with two attached hydrogens (primary N) is 1. The van der Waals surface area contributed by atoms with Gasteiger partial charge in [0, 0.05) is 10.5 Å². The third kappa shape index (κ3) is 2.19. The zero-order chi connectivity index (χ0) is 10.7. The number of halogens is 1. The van der Waals surface area contributed by atoms with Gasteiger partial charge in [0.1, 0.15) is 0 Å². The van der Waals surface area contributed by atoms with Gasteiger partial charge in [0.25, 0.3) is 0 Å². The second-order valence-electron chi connectivity index (χ2n) is 3.02. The number of rotatable bonds is 3. The molecule has 0 radical (unpaired) electrons. The van der Waals surface area contributed by atoms with Gasteiger partial charge >= 0.3 is 0 Å². The first-order chi connectivity index (χ1) is 6.60. The molecule has 1 aromatic carbocycles. The highest BCUT2D eigenvalue weighted by Crippen LogP contribution is 2.35. The lowest BCUT2D eigenvalue weighted by Gasteiger charge is -2.13. The molecule has 0 spiro atoms. The monoisotopic (exact) mass is 259 g/mol. The summed E-state index contributed by atoms with van der Waals surface area (Å²) >= 11 is 3.44. The van der Waals surface area contributed by atoms with E-state index in [9.17, 15) is 0 Å². The number of hydrogen-bond donors (Lipinski definition) is 1. The molecule has 78 valence electrons. The van der Waals surface area contributed by atoms with Crippen LogP contribution in [-0.2, 0) is 0 Å². The fourth-order valence-corrected chi connectivity index (χ4v) is 1.90. The number of hydrogen-bond acceptors (Lipinski definition) is 3. The van der Waals surface area contributed by atoms with Crippen LogP contribution in [0.5, 0.6) is 11.5 Å². The van der Waals surface area contributed by atoms with Gasteiger partial charge in [-0.2, -0.15) is 0 Å². The molecule has 0 aromatic heterocycles. The van der Waals surface area contributed by atoms with Gasteiger partial charge in [-0.05, 0) is 24.6 Å². The Morgan fingerprint density at radius 3 is 2.14 bits per heavy atom. The fourth-order valence-electron chi connectivity index (χ4n) is 1.22. The minimum absolute atomic E-state index is 0.0378. The Balaban J connectivity index is 3.23. The van der Waals surface area contributed by atoms with Crippen LogP contribution in [0.3, 0.4) is 0 Å². The van der Waals surface area contributed by atoms with Gasteiger partial charge in [-0.15, -0.1) is 0 Å². The molecule has 0 saturated carbocycles. The Morgan fingerprint density at radius 2 is 1.71 bits per heavy atom. The molecule has 0 aliphatic heterocycles. The molecule has 2 N–H and O–H groups in total. The molecule has 3 nitrogen and oxygen atoms in total. The highest BCUT2D eigenvalue weighted by Gasteiger charge is 2.11. The zero-order valence-corrected chi connectivity index (χ0v) is 10.1. The van der Waals surface area contributed by atoms with Gasteiger partial charge < -0.3 is 15.2 Å². The third-order valence-corrected chi connectivity index (χ3v) is 2.68. The third-order valence-electron chi connectivity index (χ3n) is 1.99. The maximum absolute atomic E-state index is 5.80. The Kier molecular flexibility index (Phi) is 3.77. The van der Waals surface area contributed by atoms with Gasteiger partial charge in [0.05, 0.1) is 14.2 Å². The maximum Gasteiger partial charge on any atom is 0.161 e. The van der Waals surface area contributed by atoms with Gasteiger partial charge in [0.2, 0.25) is 0 Å². The molecule has 0 heterocycles. The lowest BCUT2D eigenvalue weighted by molar-refractivity contribution is 0.354. The molecule has 0 saturated heterocycles. The first kappa shape index (κ1) is 11.3. The Hall–Kier alpha value is -0.740. The molecule has 0 fully saturated rings. The van der Waals surface area contributed by atoms with E-state index in [1.165, 1.54) is 0 Å². The van der Waals surface area contributed by atoms with E-state index >= 15 is 0 Å². The van der Waals surface area contributed by atoms with Crippen LogP contribution in [0, 0.1) is 0 Å². The van der Waals surface area contributed by atoms with Gasteiger partial charge in [-0.25, -0.2) is 0 Å². The van der Waals surface area contributed by atoms with Crippen molar-refractivity contribution in [3.8, 4) is 11.5 Å². The maximum atomic E-state index is 5.80. The molecule has 0 aliphatic rings. The largest absolute Gasteiger partial charge is 0.493 e. The normalized spacial score (nSPS) is 12.4. The molecule has 1 aromatic rings. The minimum Gasteiger partial charge on any atom is -0.493 e. The van der Waals surface area contributed by atoms with Crippen molar-refractivity contribution in [2.24, 2.45) is 5.73 Å². The van der Waals surface area contributed by atoms with Gasteiger partial charge in [0.15, 0.2) is 11.5 Å². The molecular weight excluding hydrogens is 246 g/mol. The Morgan fingerprint density at radius 1 is 1.21 bits per heavy atom. The molecule has 0 bridgehead atoms. The van der Waals surface area contributed by atoms with Crippen LogP contribution in [0.15, 0.2) is 16.6 Å². The van der Waals surface area contributed by atoms with Crippen LogP contribution >= 0.6 is 15.9 Å². The molecule has 14 heavy (non-hydrogen) atoms. The van der Waals surface area contributed by atoms with Crippen molar-refractivity contribution in [2.45, 2.75) is 13.0 Å². The highest BCUT2D eigenvalue weighted by atomic mass is 79.9. The lowest BCUT2D eigenvalue weighted by atomic mass is 10.1. The Labute approximate surface area is 92.3 Å². The van der Waals surface area contributed by atoms with Crippen LogP contribution in [0.4, 0.5) is 0 Å². The van der Waals surface area contributed by atoms with Crippen molar-refractivity contribution >= 4 is 15.9 Å². The number of benzene rings is 1. The predicted molar refractivity (Wildman–Crippen MR) is 59.8 cm³/mol. The van der Waals surface area contributed by atoms with Gasteiger partial charge in [-0.3, -0.25) is 0 Å². The van der Waals surface area contributed by atoms with Crippen LogP contribution in [0.1, 0.15) is 18.5 Å². The van der Waals surface area contributed by atoms with Crippen LogP contribution in [-0.4, -0.2) is 14.2 Å². The average molecular weight is 260 g/mol. The molecule has 1 rings (SSSR count). The zero-order valence-electron chi connectivity index (χ0n) is 8.50. The molecular formula is C10H14BrNO2.